The monoisotopic (exact) mass is 246 g/mol. The summed E-state index contributed by atoms with van der Waals surface area (Å²) < 4.78 is 2.46. The van der Waals surface area contributed by atoms with Gasteiger partial charge in [0.25, 0.3) is 0 Å². The molecule has 0 amide bonds. The normalized spacial score (nSPS) is 11.6. The van der Waals surface area contributed by atoms with Gasteiger partial charge in [0, 0.05) is 6.20 Å². The lowest BCUT2D eigenvalue weighted by atomic mass is 9.94. The van der Waals surface area contributed by atoms with Crippen molar-refractivity contribution >= 4 is 21.9 Å². The molecule has 0 unspecified atom stereocenters. The molecule has 5 heteroatoms. The molecule has 0 aromatic carbocycles. The molecule has 1 aromatic rings. The number of nitrogens with zero attached hydrogens (tertiary/aromatic N) is 2. The van der Waals surface area contributed by atoms with Crippen molar-refractivity contribution in [3.63, 3.8) is 0 Å². The Bertz CT molecular complexity index is 320. The number of halogens is 1. The third-order valence-corrected chi connectivity index (χ3v) is 2.15. The summed E-state index contributed by atoms with van der Waals surface area (Å²) in [5.74, 6) is -0.820. The summed E-state index contributed by atoms with van der Waals surface area (Å²) in [6.07, 6.45) is 3.39. The zero-order valence-corrected chi connectivity index (χ0v) is 9.08. The first-order valence-corrected chi connectivity index (χ1v) is 4.62. The fourth-order valence-electron chi connectivity index (χ4n) is 0.897. The van der Waals surface area contributed by atoms with Gasteiger partial charge >= 0.3 is 5.97 Å². The summed E-state index contributed by atoms with van der Waals surface area (Å²) in [6.45, 7) is 3.71. The van der Waals surface area contributed by atoms with Crippen LogP contribution in [0.2, 0.25) is 0 Å². The van der Waals surface area contributed by atoms with Gasteiger partial charge in [-0.1, -0.05) is 0 Å². The molecule has 0 atom stereocenters. The molecular weight excluding hydrogens is 236 g/mol. The number of hydrogen-bond acceptors (Lipinski definition) is 2. The van der Waals surface area contributed by atoms with Crippen molar-refractivity contribution in [2.45, 2.75) is 20.4 Å². The van der Waals surface area contributed by atoms with Crippen LogP contribution in [0, 0.1) is 5.41 Å². The fraction of sp³-hybridized carbons (Fsp3) is 0.500. The smallest absolute Gasteiger partial charge is 0.310 e. The van der Waals surface area contributed by atoms with Gasteiger partial charge < -0.3 is 5.11 Å². The third-order valence-electron chi connectivity index (χ3n) is 1.74. The van der Waals surface area contributed by atoms with Crippen LogP contribution in [-0.4, -0.2) is 20.9 Å². The second-order valence-corrected chi connectivity index (χ2v) is 4.46. The lowest BCUT2D eigenvalue weighted by Crippen LogP contribution is -2.29. The number of aliphatic carboxylic acids is 1. The Labute approximate surface area is 84.7 Å². The van der Waals surface area contributed by atoms with E-state index in [4.69, 9.17) is 5.11 Å². The van der Waals surface area contributed by atoms with Crippen LogP contribution >= 0.6 is 15.9 Å². The Morgan fingerprint density at radius 2 is 2.38 bits per heavy atom. The van der Waals surface area contributed by atoms with Crippen LogP contribution in [0.4, 0.5) is 0 Å². The summed E-state index contributed by atoms with van der Waals surface area (Å²) in [5.41, 5.74) is -0.786. The van der Waals surface area contributed by atoms with Crippen molar-refractivity contribution in [3.8, 4) is 0 Å². The molecule has 1 heterocycles. The van der Waals surface area contributed by atoms with Crippen LogP contribution in [-0.2, 0) is 11.3 Å². The number of carbonyl (C=O) groups is 1. The average Bonchev–Trinajstić information content (AvgIpc) is 2.34. The second kappa shape index (κ2) is 3.49. The molecular formula is C8H11BrN2O2. The summed E-state index contributed by atoms with van der Waals surface area (Å²) in [4.78, 5) is 10.8. The molecule has 4 nitrogen and oxygen atoms in total. The van der Waals surface area contributed by atoms with Crippen molar-refractivity contribution in [2.75, 3.05) is 0 Å². The first-order valence-electron chi connectivity index (χ1n) is 3.83. The molecule has 0 radical (unpaired) electrons. The molecule has 0 aliphatic carbocycles. The second-order valence-electron chi connectivity index (χ2n) is 3.55. The molecule has 0 bridgehead atoms. The largest absolute Gasteiger partial charge is 0.481 e. The van der Waals surface area contributed by atoms with Crippen molar-refractivity contribution in [1.82, 2.24) is 9.78 Å². The van der Waals surface area contributed by atoms with Gasteiger partial charge in [0.15, 0.2) is 0 Å². The molecule has 1 rings (SSSR count). The maximum atomic E-state index is 10.8. The summed E-state index contributed by atoms with van der Waals surface area (Å²) in [5, 5.41) is 12.8. The maximum absolute atomic E-state index is 10.8. The van der Waals surface area contributed by atoms with Gasteiger partial charge in [-0.05, 0) is 29.8 Å². The molecule has 1 aromatic heterocycles. The van der Waals surface area contributed by atoms with E-state index < -0.39 is 11.4 Å². The quantitative estimate of drug-likeness (QED) is 0.885. The lowest BCUT2D eigenvalue weighted by Gasteiger charge is -2.18. The van der Waals surface area contributed by atoms with Crippen molar-refractivity contribution in [3.05, 3.63) is 16.9 Å². The van der Waals surface area contributed by atoms with Crippen LogP contribution < -0.4 is 0 Å². The standard InChI is InChI=1S/C8H11BrN2O2/c1-8(2,7(12)13)5-11-4-6(9)3-10-11/h3-4H,5H2,1-2H3,(H,12,13). The Morgan fingerprint density at radius 3 is 2.77 bits per heavy atom. The van der Waals surface area contributed by atoms with E-state index >= 15 is 0 Å². The summed E-state index contributed by atoms with van der Waals surface area (Å²) in [6, 6.07) is 0. The maximum Gasteiger partial charge on any atom is 0.310 e. The first-order chi connectivity index (χ1) is 5.92. The minimum Gasteiger partial charge on any atom is -0.481 e. The van der Waals surface area contributed by atoms with Gasteiger partial charge in [0.1, 0.15) is 0 Å². The molecule has 0 fully saturated rings. The topological polar surface area (TPSA) is 55.1 Å². The SMILES string of the molecule is CC(C)(Cn1cc(Br)cn1)C(=O)O. The minimum atomic E-state index is -0.820. The van der Waals surface area contributed by atoms with E-state index in [1.54, 1.807) is 30.9 Å². The zero-order chi connectivity index (χ0) is 10.1. The fourth-order valence-corrected chi connectivity index (χ4v) is 1.23. The number of carboxylic acid groups (broad SMARTS) is 1. The van der Waals surface area contributed by atoms with Gasteiger partial charge in [-0.2, -0.15) is 5.10 Å². The Morgan fingerprint density at radius 1 is 1.77 bits per heavy atom. The van der Waals surface area contributed by atoms with Crippen molar-refractivity contribution in [2.24, 2.45) is 5.41 Å². The predicted octanol–water partition coefficient (Wildman–Crippen LogP) is 1.76. The van der Waals surface area contributed by atoms with Crippen LogP contribution in [0.3, 0.4) is 0 Å². The zero-order valence-electron chi connectivity index (χ0n) is 7.49. The molecule has 0 aliphatic rings. The molecule has 0 aliphatic heterocycles. The van der Waals surface area contributed by atoms with E-state index in [0.717, 1.165) is 4.47 Å². The average molecular weight is 247 g/mol. The molecule has 1 N–H and O–H groups in total. The van der Waals surface area contributed by atoms with Crippen molar-refractivity contribution < 1.29 is 9.90 Å². The Kier molecular flexibility index (Phi) is 2.75. The summed E-state index contributed by atoms with van der Waals surface area (Å²) in [7, 11) is 0. The minimum absolute atomic E-state index is 0.369. The van der Waals surface area contributed by atoms with Gasteiger partial charge in [0.05, 0.1) is 22.6 Å². The molecule has 0 spiro atoms. The van der Waals surface area contributed by atoms with Crippen LogP contribution in [0.1, 0.15) is 13.8 Å². The van der Waals surface area contributed by atoms with Crippen LogP contribution in [0.5, 0.6) is 0 Å². The van der Waals surface area contributed by atoms with Gasteiger partial charge in [-0.15, -0.1) is 0 Å². The number of carboxylic acids is 1. The van der Waals surface area contributed by atoms with E-state index in [1.165, 1.54) is 0 Å². The predicted molar refractivity (Wildman–Crippen MR) is 51.3 cm³/mol. The van der Waals surface area contributed by atoms with E-state index in [1.807, 2.05) is 0 Å². The summed E-state index contributed by atoms with van der Waals surface area (Å²) >= 11 is 3.25. The van der Waals surface area contributed by atoms with Crippen molar-refractivity contribution in [1.29, 1.82) is 0 Å². The highest BCUT2D eigenvalue weighted by molar-refractivity contribution is 9.10. The van der Waals surface area contributed by atoms with Crippen LogP contribution in [0.25, 0.3) is 0 Å². The Hall–Kier alpha value is -0.840. The van der Waals surface area contributed by atoms with E-state index in [-0.39, 0.29) is 0 Å². The van der Waals surface area contributed by atoms with E-state index in [9.17, 15) is 4.79 Å². The lowest BCUT2D eigenvalue weighted by molar-refractivity contribution is -0.147. The third kappa shape index (κ3) is 2.55. The molecule has 0 saturated heterocycles. The number of rotatable bonds is 3. The van der Waals surface area contributed by atoms with Gasteiger partial charge in [-0.25, -0.2) is 0 Å². The van der Waals surface area contributed by atoms with Gasteiger partial charge in [-0.3, -0.25) is 9.48 Å². The highest BCUT2D eigenvalue weighted by Gasteiger charge is 2.27. The molecule has 13 heavy (non-hydrogen) atoms. The molecule has 0 saturated carbocycles. The van der Waals surface area contributed by atoms with E-state index in [0.29, 0.717) is 6.54 Å². The van der Waals surface area contributed by atoms with Gasteiger partial charge in [0.2, 0.25) is 0 Å². The van der Waals surface area contributed by atoms with E-state index in [2.05, 4.69) is 21.0 Å². The Balaban J connectivity index is 2.74. The number of aromatic nitrogens is 2. The highest BCUT2D eigenvalue weighted by atomic mass is 79.9. The highest BCUT2D eigenvalue weighted by Crippen LogP contribution is 2.18. The van der Waals surface area contributed by atoms with Crippen LogP contribution in [0.15, 0.2) is 16.9 Å². The molecule has 72 valence electrons. The number of hydrogen-bond donors (Lipinski definition) is 1. The first kappa shape index (κ1) is 10.2.